The molecule has 43 heavy (non-hydrogen) atoms. The number of benzene rings is 3. The molecule has 216 valence electrons. The maximum Gasteiger partial charge on any atom is 0.239 e. The third-order valence-electron chi connectivity index (χ3n) is 10.3. The number of rotatable bonds is 5. The molecule has 0 radical (unpaired) electrons. The molecule has 3 aromatic carbocycles. The highest BCUT2D eigenvalue weighted by Crippen LogP contribution is 2.66. The molecule has 3 saturated heterocycles. The van der Waals surface area contributed by atoms with E-state index < -0.39 is 35.1 Å². The molecule has 2 unspecified atom stereocenters. The summed E-state index contributed by atoms with van der Waals surface area (Å²) in [4.78, 5) is 63.1. The topological polar surface area (TPSA) is 87.2 Å². The molecule has 0 spiro atoms. The lowest BCUT2D eigenvalue weighted by atomic mass is 9.47. The first kappa shape index (κ1) is 26.1. The SMILES string of the molecule is COc1ccc(C2=CC3(N4CCCC4)[C@@H]4C(=O)N(c5ccccc5)C(=O)[C@@H]4C2[C@@H]2C(=O)N(c4ccccc4)C(=O)[C@@H]23)cc1. The van der Waals surface area contributed by atoms with Crippen LogP contribution in [0.4, 0.5) is 11.4 Å². The summed E-state index contributed by atoms with van der Waals surface area (Å²) in [5.74, 6) is -4.23. The van der Waals surface area contributed by atoms with E-state index >= 15 is 0 Å². The van der Waals surface area contributed by atoms with Gasteiger partial charge in [0.2, 0.25) is 23.6 Å². The van der Waals surface area contributed by atoms with Crippen LogP contribution in [-0.4, -0.2) is 54.3 Å². The summed E-state index contributed by atoms with van der Waals surface area (Å²) in [6.45, 7) is 1.37. The zero-order chi connectivity index (χ0) is 29.5. The highest BCUT2D eigenvalue weighted by molar-refractivity contribution is 6.28. The molecule has 4 fully saturated rings. The third kappa shape index (κ3) is 3.41. The lowest BCUT2D eigenvalue weighted by Crippen LogP contribution is -2.69. The van der Waals surface area contributed by atoms with Crippen LogP contribution in [0.25, 0.3) is 5.57 Å². The largest absolute Gasteiger partial charge is 0.497 e. The molecule has 0 aromatic heterocycles. The van der Waals surface area contributed by atoms with E-state index in [1.807, 2.05) is 60.7 Å². The van der Waals surface area contributed by atoms with Gasteiger partial charge < -0.3 is 4.74 Å². The number of amides is 4. The number of carbonyl (C=O) groups excluding carboxylic acids is 4. The number of hydrogen-bond acceptors (Lipinski definition) is 6. The van der Waals surface area contributed by atoms with Gasteiger partial charge in [-0.2, -0.15) is 0 Å². The van der Waals surface area contributed by atoms with E-state index in [-0.39, 0.29) is 23.6 Å². The Labute approximate surface area is 249 Å². The monoisotopic (exact) mass is 573 g/mol. The number of imide groups is 2. The average Bonchev–Trinajstić information content (AvgIpc) is 3.76. The van der Waals surface area contributed by atoms with Crippen molar-refractivity contribution >= 4 is 40.6 Å². The Kier molecular flexibility index (Phi) is 5.75. The molecule has 3 aliphatic carbocycles. The molecule has 4 amide bonds. The zero-order valence-corrected chi connectivity index (χ0v) is 23.8. The van der Waals surface area contributed by atoms with Crippen molar-refractivity contribution in [2.75, 3.05) is 30.0 Å². The van der Waals surface area contributed by atoms with Gasteiger partial charge in [-0.1, -0.05) is 54.6 Å². The van der Waals surface area contributed by atoms with Crippen LogP contribution in [0.1, 0.15) is 18.4 Å². The highest BCUT2D eigenvalue weighted by atomic mass is 16.5. The van der Waals surface area contributed by atoms with Gasteiger partial charge in [-0.15, -0.1) is 0 Å². The van der Waals surface area contributed by atoms with Crippen LogP contribution in [-0.2, 0) is 19.2 Å². The Morgan fingerprint density at radius 1 is 0.628 bits per heavy atom. The molecule has 8 heteroatoms. The van der Waals surface area contributed by atoms with E-state index in [1.165, 1.54) is 9.80 Å². The van der Waals surface area contributed by atoms with Crippen molar-refractivity contribution < 1.29 is 23.9 Å². The van der Waals surface area contributed by atoms with Gasteiger partial charge in [0.05, 0.1) is 47.7 Å². The molecule has 9 rings (SSSR count). The Morgan fingerprint density at radius 3 is 1.58 bits per heavy atom. The summed E-state index contributed by atoms with van der Waals surface area (Å²) >= 11 is 0. The van der Waals surface area contributed by atoms with Gasteiger partial charge >= 0.3 is 0 Å². The first-order valence-corrected chi connectivity index (χ1v) is 15.0. The molecule has 6 aliphatic rings. The Balaban J connectivity index is 1.38. The minimum absolute atomic E-state index is 0.292. The van der Waals surface area contributed by atoms with Crippen molar-refractivity contribution in [3.8, 4) is 5.75 Å². The van der Waals surface area contributed by atoms with Crippen molar-refractivity contribution in [3.05, 3.63) is 96.6 Å². The van der Waals surface area contributed by atoms with Crippen LogP contribution in [0, 0.1) is 29.6 Å². The molecule has 3 aromatic rings. The fraction of sp³-hybridized carbons (Fsp3) is 0.314. The predicted octanol–water partition coefficient (Wildman–Crippen LogP) is 4.17. The predicted molar refractivity (Wildman–Crippen MR) is 160 cm³/mol. The summed E-state index contributed by atoms with van der Waals surface area (Å²) in [6, 6.07) is 25.6. The molecular weight excluding hydrogens is 542 g/mol. The van der Waals surface area contributed by atoms with Crippen molar-refractivity contribution in [1.82, 2.24) is 4.90 Å². The lowest BCUT2D eigenvalue weighted by molar-refractivity contribution is -0.149. The number of likely N-dealkylation sites (tertiary alicyclic amines) is 1. The van der Waals surface area contributed by atoms with Crippen LogP contribution >= 0.6 is 0 Å². The zero-order valence-electron chi connectivity index (χ0n) is 23.8. The summed E-state index contributed by atoms with van der Waals surface area (Å²) in [6.07, 6.45) is 3.94. The molecule has 2 bridgehead atoms. The number of anilines is 2. The minimum atomic E-state index is -1.12. The lowest BCUT2D eigenvalue weighted by Gasteiger charge is -2.59. The average molecular weight is 574 g/mol. The van der Waals surface area contributed by atoms with E-state index in [4.69, 9.17) is 4.74 Å². The normalized spacial score (nSPS) is 31.5. The van der Waals surface area contributed by atoms with Crippen molar-refractivity contribution in [2.45, 2.75) is 18.4 Å². The first-order chi connectivity index (χ1) is 21.0. The van der Waals surface area contributed by atoms with Crippen molar-refractivity contribution in [1.29, 1.82) is 0 Å². The second-order valence-electron chi connectivity index (χ2n) is 12.1. The smallest absolute Gasteiger partial charge is 0.239 e. The fourth-order valence-corrected chi connectivity index (χ4v) is 8.72. The van der Waals surface area contributed by atoms with Crippen LogP contribution in [0.3, 0.4) is 0 Å². The van der Waals surface area contributed by atoms with Gasteiger partial charge in [0.15, 0.2) is 0 Å². The van der Waals surface area contributed by atoms with Gasteiger partial charge in [-0.25, -0.2) is 9.80 Å². The minimum Gasteiger partial charge on any atom is -0.497 e. The molecule has 0 N–H and O–H groups in total. The van der Waals surface area contributed by atoms with Crippen LogP contribution in [0.2, 0.25) is 0 Å². The maximum absolute atomic E-state index is 14.6. The van der Waals surface area contributed by atoms with Gasteiger partial charge in [-0.05, 0) is 73.5 Å². The highest BCUT2D eigenvalue weighted by Gasteiger charge is 2.77. The van der Waals surface area contributed by atoms with E-state index in [0.717, 1.165) is 24.0 Å². The van der Waals surface area contributed by atoms with Crippen molar-refractivity contribution in [2.24, 2.45) is 29.6 Å². The molecule has 6 atom stereocenters. The van der Waals surface area contributed by atoms with E-state index in [2.05, 4.69) is 11.0 Å². The number of allylic oxidation sites excluding steroid dienone is 1. The van der Waals surface area contributed by atoms with E-state index in [9.17, 15) is 19.2 Å². The Morgan fingerprint density at radius 2 is 1.12 bits per heavy atom. The van der Waals surface area contributed by atoms with Crippen molar-refractivity contribution in [3.63, 3.8) is 0 Å². The number of ether oxygens (including phenoxy) is 1. The Bertz CT molecular complexity index is 1600. The van der Waals surface area contributed by atoms with Crippen LogP contribution in [0.5, 0.6) is 5.75 Å². The first-order valence-electron chi connectivity index (χ1n) is 15.0. The number of methoxy groups -OCH3 is 1. The van der Waals surface area contributed by atoms with E-state index in [0.29, 0.717) is 30.2 Å². The summed E-state index contributed by atoms with van der Waals surface area (Å²) in [5, 5.41) is 0. The van der Waals surface area contributed by atoms with Gasteiger partial charge in [0.25, 0.3) is 0 Å². The number of nitrogens with zero attached hydrogens (tertiary/aromatic N) is 3. The maximum atomic E-state index is 14.6. The van der Waals surface area contributed by atoms with Gasteiger partial charge in [0.1, 0.15) is 5.75 Å². The quantitative estimate of drug-likeness (QED) is 0.426. The Hall–Kier alpha value is -4.56. The van der Waals surface area contributed by atoms with Gasteiger partial charge in [0, 0.05) is 5.92 Å². The second-order valence-corrected chi connectivity index (χ2v) is 12.1. The van der Waals surface area contributed by atoms with Crippen LogP contribution in [0.15, 0.2) is 91.0 Å². The third-order valence-corrected chi connectivity index (χ3v) is 10.3. The van der Waals surface area contributed by atoms with Crippen LogP contribution < -0.4 is 14.5 Å². The summed E-state index contributed by atoms with van der Waals surface area (Å²) in [7, 11) is 1.61. The summed E-state index contributed by atoms with van der Waals surface area (Å²) < 4.78 is 5.41. The standard InChI is InChI=1S/C35H31N3O5/c1-43-24-16-14-21(15-17-24)25-20-35(36-18-8-9-19-36)29-27(31(39)37(33(29)41)22-10-4-2-5-11-22)26(25)28-30(35)34(42)38(32(28)40)23-12-6-3-7-13-23/h2-7,10-17,20,26-30H,8-9,18-19H2,1H3/t26?,27-,28+,29+,30-,35?. The molecular formula is C35H31N3O5. The number of hydrogen-bond donors (Lipinski definition) is 0. The van der Waals surface area contributed by atoms with Gasteiger partial charge in [-0.3, -0.25) is 24.1 Å². The molecule has 3 heterocycles. The fourth-order valence-electron chi connectivity index (χ4n) is 8.72. The molecule has 3 aliphatic heterocycles. The number of carbonyl (C=O) groups is 4. The molecule has 8 nitrogen and oxygen atoms in total. The number of para-hydroxylation sites is 2. The summed E-state index contributed by atoms with van der Waals surface area (Å²) in [5.41, 5.74) is 1.63. The second kappa shape index (κ2) is 9.47. The molecule has 1 saturated carbocycles. The van der Waals surface area contributed by atoms with E-state index in [1.54, 1.807) is 31.4 Å².